The molecular formula is C14H11BrNNaO3. The standard InChI is InChI=1S/C14H12BrNO3.Na/c1-8-12(14(18)19)13(17)11(7-16(8)2)9-3-5-10(15)6-4-9;/h3-7H,1-2H3,(H,18,19);/q;+1/p-1. The van der Waals surface area contributed by atoms with Crippen molar-refractivity contribution in [3.63, 3.8) is 0 Å². The summed E-state index contributed by atoms with van der Waals surface area (Å²) in [6.07, 6.45) is 1.63. The van der Waals surface area contributed by atoms with Gasteiger partial charge in [0.2, 0.25) is 0 Å². The van der Waals surface area contributed by atoms with E-state index in [1.54, 1.807) is 49.0 Å². The molecule has 1 heterocycles. The van der Waals surface area contributed by atoms with E-state index in [1.807, 2.05) is 0 Å². The molecule has 0 unspecified atom stereocenters. The topological polar surface area (TPSA) is 62.1 Å². The van der Waals surface area contributed by atoms with Gasteiger partial charge in [-0.15, -0.1) is 0 Å². The van der Waals surface area contributed by atoms with E-state index in [1.165, 1.54) is 0 Å². The van der Waals surface area contributed by atoms with Gasteiger partial charge in [0.25, 0.3) is 0 Å². The Balaban J connectivity index is 0.00000200. The zero-order chi connectivity index (χ0) is 14.2. The molecule has 6 heteroatoms. The van der Waals surface area contributed by atoms with E-state index >= 15 is 0 Å². The Morgan fingerprint density at radius 3 is 2.30 bits per heavy atom. The molecule has 2 rings (SSSR count). The van der Waals surface area contributed by atoms with E-state index in [0.717, 1.165) is 4.47 Å². The van der Waals surface area contributed by atoms with Gasteiger partial charge in [0, 0.05) is 29.0 Å². The van der Waals surface area contributed by atoms with Gasteiger partial charge in [0.15, 0.2) is 5.43 Å². The summed E-state index contributed by atoms with van der Waals surface area (Å²) in [7, 11) is 1.70. The monoisotopic (exact) mass is 343 g/mol. The molecule has 0 aliphatic heterocycles. The van der Waals surface area contributed by atoms with Crippen LogP contribution >= 0.6 is 15.9 Å². The number of nitrogens with zero attached hydrogens (tertiary/aromatic N) is 1. The number of benzene rings is 1. The Bertz CT molecular complexity index is 708. The Morgan fingerprint density at radius 2 is 1.80 bits per heavy atom. The van der Waals surface area contributed by atoms with Crippen molar-refractivity contribution in [2.45, 2.75) is 6.92 Å². The number of rotatable bonds is 2. The van der Waals surface area contributed by atoms with Crippen molar-refractivity contribution in [2.24, 2.45) is 7.05 Å². The maximum atomic E-state index is 12.2. The Labute approximate surface area is 146 Å². The van der Waals surface area contributed by atoms with Crippen LogP contribution in [-0.4, -0.2) is 10.5 Å². The minimum atomic E-state index is -1.45. The summed E-state index contributed by atoms with van der Waals surface area (Å²) in [5.74, 6) is -1.45. The average Bonchev–Trinajstić information content (AvgIpc) is 2.35. The van der Waals surface area contributed by atoms with Gasteiger partial charge in [-0.1, -0.05) is 28.1 Å². The van der Waals surface area contributed by atoms with Crippen LogP contribution in [0.15, 0.2) is 39.7 Å². The molecule has 4 nitrogen and oxygen atoms in total. The molecule has 0 aliphatic carbocycles. The zero-order valence-corrected chi connectivity index (χ0v) is 15.0. The van der Waals surface area contributed by atoms with Gasteiger partial charge in [-0.3, -0.25) is 4.79 Å². The molecule has 0 saturated carbocycles. The number of carboxylic acid groups (broad SMARTS) is 1. The van der Waals surface area contributed by atoms with Gasteiger partial charge in [-0.05, 0) is 24.6 Å². The van der Waals surface area contributed by atoms with Crippen LogP contribution in [0.2, 0.25) is 0 Å². The molecule has 1 aromatic carbocycles. The molecule has 0 N–H and O–H groups in total. The second-order valence-corrected chi connectivity index (χ2v) is 5.15. The third-order valence-electron chi connectivity index (χ3n) is 3.04. The van der Waals surface area contributed by atoms with E-state index in [-0.39, 0.29) is 35.1 Å². The maximum Gasteiger partial charge on any atom is 1.00 e. The predicted octanol–water partition coefficient (Wildman–Crippen LogP) is -1.51. The Kier molecular flexibility index (Phi) is 5.77. The molecule has 0 saturated heterocycles. The van der Waals surface area contributed by atoms with Crippen LogP contribution in [0.25, 0.3) is 11.1 Å². The van der Waals surface area contributed by atoms with Gasteiger partial charge >= 0.3 is 29.6 Å². The van der Waals surface area contributed by atoms with Crippen molar-refractivity contribution < 1.29 is 39.5 Å². The SMILES string of the molecule is Cc1c(C(=O)[O-])c(=O)c(-c2ccc(Br)cc2)cn1C.[Na+]. The van der Waals surface area contributed by atoms with Crippen molar-refractivity contribution in [3.8, 4) is 11.1 Å². The molecular weight excluding hydrogens is 333 g/mol. The smallest absolute Gasteiger partial charge is 0.545 e. The van der Waals surface area contributed by atoms with Crippen molar-refractivity contribution in [2.75, 3.05) is 0 Å². The van der Waals surface area contributed by atoms with Gasteiger partial charge in [0.1, 0.15) is 0 Å². The van der Waals surface area contributed by atoms with Crippen LogP contribution in [0.3, 0.4) is 0 Å². The van der Waals surface area contributed by atoms with E-state index in [2.05, 4.69) is 15.9 Å². The number of halogens is 1. The van der Waals surface area contributed by atoms with Crippen molar-refractivity contribution in [3.05, 3.63) is 56.4 Å². The third-order valence-corrected chi connectivity index (χ3v) is 3.57. The number of aryl methyl sites for hydroxylation is 1. The number of hydrogen-bond acceptors (Lipinski definition) is 3. The summed E-state index contributed by atoms with van der Waals surface area (Å²) < 4.78 is 2.50. The van der Waals surface area contributed by atoms with Crippen LogP contribution in [0.5, 0.6) is 0 Å². The predicted molar refractivity (Wildman–Crippen MR) is 73.9 cm³/mol. The second kappa shape index (κ2) is 6.72. The summed E-state index contributed by atoms with van der Waals surface area (Å²) in [6.45, 7) is 1.58. The van der Waals surface area contributed by atoms with Crippen LogP contribution in [0.1, 0.15) is 16.1 Å². The Morgan fingerprint density at radius 1 is 1.25 bits per heavy atom. The van der Waals surface area contributed by atoms with Gasteiger partial charge < -0.3 is 14.5 Å². The molecule has 0 fully saturated rings. The molecule has 2 aromatic rings. The van der Waals surface area contributed by atoms with Crippen LogP contribution < -0.4 is 40.1 Å². The number of aromatic nitrogens is 1. The molecule has 0 bridgehead atoms. The summed E-state index contributed by atoms with van der Waals surface area (Å²) in [5, 5.41) is 11.1. The fourth-order valence-corrected chi connectivity index (χ4v) is 2.16. The fraction of sp³-hybridized carbons (Fsp3) is 0.143. The minimum absolute atomic E-state index is 0. The molecule has 0 atom stereocenters. The zero-order valence-electron chi connectivity index (χ0n) is 11.4. The third kappa shape index (κ3) is 3.23. The maximum absolute atomic E-state index is 12.2. The summed E-state index contributed by atoms with van der Waals surface area (Å²) >= 11 is 3.31. The second-order valence-electron chi connectivity index (χ2n) is 4.24. The molecule has 0 amide bonds. The molecule has 20 heavy (non-hydrogen) atoms. The van der Waals surface area contributed by atoms with Crippen LogP contribution in [0, 0.1) is 6.92 Å². The first kappa shape index (κ1) is 17.2. The van der Waals surface area contributed by atoms with Crippen molar-refractivity contribution >= 4 is 21.9 Å². The Hall–Kier alpha value is -0.880. The first-order valence-corrected chi connectivity index (χ1v) is 6.38. The summed E-state index contributed by atoms with van der Waals surface area (Å²) in [5.41, 5.74) is 0.595. The molecule has 0 spiro atoms. The van der Waals surface area contributed by atoms with Crippen molar-refractivity contribution in [1.29, 1.82) is 0 Å². The summed E-state index contributed by atoms with van der Waals surface area (Å²) in [6, 6.07) is 7.12. The average molecular weight is 344 g/mol. The quantitative estimate of drug-likeness (QED) is 0.623. The molecule has 1 aromatic heterocycles. The van der Waals surface area contributed by atoms with E-state index < -0.39 is 11.4 Å². The van der Waals surface area contributed by atoms with E-state index in [4.69, 9.17) is 0 Å². The largest absolute Gasteiger partial charge is 1.00 e. The van der Waals surface area contributed by atoms with Gasteiger partial charge in [-0.2, -0.15) is 0 Å². The summed E-state index contributed by atoms with van der Waals surface area (Å²) in [4.78, 5) is 23.3. The number of hydrogen-bond donors (Lipinski definition) is 0. The van der Waals surface area contributed by atoms with Crippen LogP contribution in [-0.2, 0) is 7.05 Å². The van der Waals surface area contributed by atoms with E-state index in [9.17, 15) is 14.7 Å². The number of carboxylic acids is 1. The molecule has 98 valence electrons. The normalized spacial score (nSPS) is 9.95. The minimum Gasteiger partial charge on any atom is -0.545 e. The number of pyridine rings is 1. The number of aromatic carboxylic acids is 1. The number of carbonyl (C=O) groups is 1. The van der Waals surface area contributed by atoms with E-state index in [0.29, 0.717) is 16.8 Å². The molecule has 0 radical (unpaired) electrons. The first-order valence-electron chi connectivity index (χ1n) is 5.59. The fourth-order valence-electron chi connectivity index (χ4n) is 1.90. The van der Waals surface area contributed by atoms with Gasteiger partial charge in [-0.25, -0.2) is 0 Å². The van der Waals surface area contributed by atoms with Gasteiger partial charge in [0.05, 0.1) is 11.5 Å². The van der Waals surface area contributed by atoms with Crippen LogP contribution in [0.4, 0.5) is 0 Å². The molecule has 0 aliphatic rings. The van der Waals surface area contributed by atoms with Crippen molar-refractivity contribution in [1.82, 2.24) is 4.57 Å². The first-order chi connectivity index (χ1) is 8.91. The number of carbonyl (C=O) groups excluding carboxylic acids is 1.